The molecule has 3 nitrogen and oxygen atoms in total. The van der Waals surface area contributed by atoms with Gasteiger partial charge in [0.05, 0.1) is 5.75 Å². The van der Waals surface area contributed by atoms with Crippen molar-refractivity contribution in [1.82, 2.24) is 4.72 Å². The summed E-state index contributed by atoms with van der Waals surface area (Å²) in [5.74, 6) is 0.518. The van der Waals surface area contributed by atoms with Crippen molar-refractivity contribution in [2.75, 3.05) is 12.3 Å². The summed E-state index contributed by atoms with van der Waals surface area (Å²) in [5, 5.41) is 0. The predicted molar refractivity (Wildman–Crippen MR) is 60.4 cm³/mol. The molecule has 1 N–H and O–H groups in total. The lowest BCUT2D eigenvalue weighted by molar-refractivity contribution is 0.553. The standard InChI is InChI=1S/C11H15NO2S/c1-2-15(13,14)12-8-10-7-9-5-3-4-6-11(9)10/h3-6,10,12H,2,7-8H2,1H3. The minimum atomic E-state index is -3.04. The molecule has 0 saturated carbocycles. The van der Waals surface area contributed by atoms with Gasteiger partial charge in [-0.25, -0.2) is 13.1 Å². The van der Waals surface area contributed by atoms with Crippen LogP contribution in [0.15, 0.2) is 24.3 Å². The molecular weight excluding hydrogens is 210 g/mol. The van der Waals surface area contributed by atoms with Gasteiger partial charge in [-0.05, 0) is 24.5 Å². The highest BCUT2D eigenvalue weighted by Gasteiger charge is 2.26. The summed E-state index contributed by atoms with van der Waals surface area (Å²) in [6.07, 6.45) is 0.988. The van der Waals surface area contributed by atoms with Crippen LogP contribution in [0, 0.1) is 0 Å². The van der Waals surface area contributed by atoms with Crippen LogP contribution < -0.4 is 4.72 Å². The summed E-state index contributed by atoms with van der Waals surface area (Å²) in [5.41, 5.74) is 2.63. The van der Waals surface area contributed by atoms with Crippen molar-refractivity contribution in [3.63, 3.8) is 0 Å². The van der Waals surface area contributed by atoms with Crippen LogP contribution in [0.25, 0.3) is 0 Å². The molecular formula is C11H15NO2S. The first kappa shape index (κ1) is 10.6. The molecule has 0 bridgehead atoms. The SMILES string of the molecule is CCS(=O)(=O)NCC1Cc2ccccc21. The van der Waals surface area contributed by atoms with Gasteiger partial charge in [0.2, 0.25) is 10.0 Å². The Morgan fingerprint density at radius 3 is 2.80 bits per heavy atom. The van der Waals surface area contributed by atoms with Gasteiger partial charge in [0.15, 0.2) is 0 Å². The second kappa shape index (κ2) is 3.94. The van der Waals surface area contributed by atoms with E-state index in [0.29, 0.717) is 12.5 Å². The Morgan fingerprint density at radius 2 is 2.13 bits per heavy atom. The number of nitrogens with one attached hydrogen (secondary N) is 1. The van der Waals surface area contributed by atoms with Crippen molar-refractivity contribution in [3.05, 3.63) is 35.4 Å². The van der Waals surface area contributed by atoms with Gasteiger partial charge in [0.1, 0.15) is 0 Å². The third kappa shape index (κ3) is 2.21. The van der Waals surface area contributed by atoms with Gasteiger partial charge in [-0.3, -0.25) is 0 Å². The van der Waals surface area contributed by atoms with Crippen LogP contribution in [0.3, 0.4) is 0 Å². The zero-order valence-electron chi connectivity index (χ0n) is 8.73. The quantitative estimate of drug-likeness (QED) is 0.838. The third-order valence-corrected chi connectivity index (χ3v) is 4.26. The van der Waals surface area contributed by atoms with Crippen LogP contribution in [0.1, 0.15) is 24.0 Å². The topological polar surface area (TPSA) is 46.2 Å². The molecule has 4 heteroatoms. The minimum Gasteiger partial charge on any atom is -0.215 e. The van der Waals surface area contributed by atoms with E-state index in [0.717, 1.165) is 6.42 Å². The van der Waals surface area contributed by atoms with E-state index in [4.69, 9.17) is 0 Å². The summed E-state index contributed by atoms with van der Waals surface area (Å²) in [4.78, 5) is 0. The van der Waals surface area contributed by atoms with Crippen LogP contribution in [-0.2, 0) is 16.4 Å². The molecule has 0 radical (unpaired) electrons. The summed E-state index contributed by atoms with van der Waals surface area (Å²) in [6, 6.07) is 8.19. The highest BCUT2D eigenvalue weighted by molar-refractivity contribution is 7.89. The molecule has 0 spiro atoms. The number of hydrogen-bond acceptors (Lipinski definition) is 2. The molecule has 82 valence electrons. The fourth-order valence-corrected chi connectivity index (χ4v) is 2.53. The van der Waals surface area contributed by atoms with E-state index in [1.165, 1.54) is 11.1 Å². The van der Waals surface area contributed by atoms with E-state index in [1.54, 1.807) is 6.92 Å². The number of fused-ring (bicyclic) bond motifs is 1. The molecule has 1 aromatic rings. The maximum absolute atomic E-state index is 11.2. The van der Waals surface area contributed by atoms with Crippen molar-refractivity contribution in [3.8, 4) is 0 Å². The normalized spacial score (nSPS) is 19.4. The minimum absolute atomic E-state index is 0.154. The Hall–Kier alpha value is -0.870. The van der Waals surface area contributed by atoms with E-state index < -0.39 is 10.0 Å². The molecule has 0 fully saturated rings. The third-order valence-electron chi connectivity index (χ3n) is 2.89. The summed E-state index contributed by atoms with van der Waals surface area (Å²) in [7, 11) is -3.04. The molecule has 1 aromatic carbocycles. The summed E-state index contributed by atoms with van der Waals surface area (Å²) >= 11 is 0. The zero-order valence-corrected chi connectivity index (χ0v) is 9.55. The van der Waals surface area contributed by atoms with Crippen LogP contribution >= 0.6 is 0 Å². The van der Waals surface area contributed by atoms with Crippen LogP contribution in [0.5, 0.6) is 0 Å². The fourth-order valence-electron chi connectivity index (χ4n) is 1.87. The molecule has 1 aliphatic rings. The van der Waals surface area contributed by atoms with Crippen LogP contribution in [-0.4, -0.2) is 20.7 Å². The second-order valence-corrected chi connectivity index (χ2v) is 5.95. The van der Waals surface area contributed by atoms with E-state index in [9.17, 15) is 8.42 Å². The van der Waals surface area contributed by atoms with Crippen molar-refractivity contribution >= 4 is 10.0 Å². The van der Waals surface area contributed by atoms with Gasteiger partial charge in [0, 0.05) is 12.5 Å². The fraction of sp³-hybridized carbons (Fsp3) is 0.455. The molecule has 0 aromatic heterocycles. The van der Waals surface area contributed by atoms with E-state index in [-0.39, 0.29) is 5.75 Å². The van der Waals surface area contributed by atoms with Gasteiger partial charge in [-0.15, -0.1) is 0 Å². The largest absolute Gasteiger partial charge is 0.215 e. The second-order valence-electron chi connectivity index (χ2n) is 3.85. The smallest absolute Gasteiger partial charge is 0.211 e. The van der Waals surface area contributed by atoms with Crippen LogP contribution in [0.4, 0.5) is 0 Å². The van der Waals surface area contributed by atoms with Crippen molar-refractivity contribution in [1.29, 1.82) is 0 Å². The van der Waals surface area contributed by atoms with E-state index >= 15 is 0 Å². The summed E-state index contributed by atoms with van der Waals surface area (Å²) in [6.45, 7) is 2.18. The van der Waals surface area contributed by atoms with Gasteiger partial charge in [-0.1, -0.05) is 24.3 Å². The van der Waals surface area contributed by atoms with E-state index in [2.05, 4.69) is 16.9 Å². The highest BCUT2D eigenvalue weighted by atomic mass is 32.2. The average Bonchev–Trinajstić information content (AvgIpc) is 2.19. The van der Waals surface area contributed by atoms with Crippen molar-refractivity contribution < 1.29 is 8.42 Å². The lowest BCUT2D eigenvalue weighted by Crippen LogP contribution is -2.33. The molecule has 0 heterocycles. The van der Waals surface area contributed by atoms with Crippen molar-refractivity contribution in [2.45, 2.75) is 19.3 Å². The molecule has 1 atom stereocenters. The monoisotopic (exact) mass is 225 g/mol. The van der Waals surface area contributed by atoms with Crippen molar-refractivity contribution in [2.24, 2.45) is 0 Å². The number of sulfonamides is 1. The molecule has 2 rings (SSSR count). The highest BCUT2D eigenvalue weighted by Crippen LogP contribution is 2.34. The van der Waals surface area contributed by atoms with Gasteiger partial charge in [0.25, 0.3) is 0 Å². The molecule has 1 aliphatic carbocycles. The maximum Gasteiger partial charge on any atom is 0.211 e. The number of benzene rings is 1. The van der Waals surface area contributed by atoms with Gasteiger partial charge in [-0.2, -0.15) is 0 Å². The Balaban J connectivity index is 1.96. The molecule has 0 amide bonds. The predicted octanol–water partition coefficient (Wildman–Crippen LogP) is 1.27. The van der Waals surface area contributed by atoms with Gasteiger partial charge < -0.3 is 0 Å². The average molecular weight is 225 g/mol. The Labute approximate surface area is 90.6 Å². The first-order chi connectivity index (χ1) is 7.12. The number of rotatable bonds is 4. The maximum atomic E-state index is 11.2. The molecule has 0 saturated heterocycles. The van der Waals surface area contributed by atoms with E-state index in [1.807, 2.05) is 12.1 Å². The summed E-state index contributed by atoms with van der Waals surface area (Å²) < 4.78 is 25.1. The first-order valence-electron chi connectivity index (χ1n) is 5.17. The molecule has 15 heavy (non-hydrogen) atoms. The lowest BCUT2D eigenvalue weighted by atomic mass is 9.78. The number of hydrogen-bond donors (Lipinski definition) is 1. The molecule has 0 aliphatic heterocycles. The Morgan fingerprint density at radius 1 is 1.40 bits per heavy atom. The lowest BCUT2D eigenvalue weighted by Gasteiger charge is -2.30. The first-order valence-corrected chi connectivity index (χ1v) is 6.83. The zero-order chi connectivity index (χ0) is 10.9. The molecule has 1 unspecified atom stereocenters. The Kier molecular flexibility index (Phi) is 2.80. The Bertz CT molecular complexity index is 453. The van der Waals surface area contributed by atoms with Crippen LogP contribution in [0.2, 0.25) is 0 Å². The van der Waals surface area contributed by atoms with Gasteiger partial charge >= 0.3 is 0 Å².